The van der Waals surface area contributed by atoms with E-state index in [4.69, 9.17) is 11.6 Å². The molecule has 1 heterocycles. The molecule has 0 saturated heterocycles. The molecule has 1 aromatic heterocycles. The van der Waals surface area contributed by atoms with Gasteiger partial charge in [-0.3, -0.25) is 9.48 Å². The van der Waals surface area contributed by atoms with E-state index in [1.54, 1.807) is 24.7 Å². The Balaban J connectivity index is 2.27. The van der Waals surface area contributed by atoms with Crippen molar-refractivity contribution in [1.82, 2.24) is 9.78 Å². The molecule has 6 heteroatoms. The van der Waals surface area contributed by atoms with Gasteiger partial charge in [0.15, 0.2) is 0 Å². The predicted octanol–water partition coefficient (Wildman–Crippen LogP) is 2.34. The Hall–Kier alpha value is -2.01. The van der Waals surface area contributed by atoms with E-state index in [2.05, 4.69) is 10.4 Å². The number of aryl methyl sites for hydroxylation is 1. The number of benzene rings is 1. The highest BCUT2D eigenvalue weighted by Gasteiger charge is 2.14. The van der Waals surface area contributed by atoms with Crippen LogP contribution < -0.4 is 5.32 Å². The van der Waals surface area contributed by atoms with E-state index >= 15 is 0 Å². The van der Waals surface area contributed by atoms with Crippen molar-refractivity contribution >= 4 is 23.2 Å². The van der Waals surface area contributed by atoms with Gasteiger partial charge in [-0.2, -0.15) is 5.10 Å². The molecule has 0 saturated carbocycles. The number of hydrogen-bond donors (Lipinski definition) is 2. The maximum atomic E-state index is 12.0. The molecule has 94 valence electrons. The van der Waals surface area contributed by atoms with Crippen LogP contribution >= 0.6 is 11.6 Å². The van der Waals surface area contributed by atoms with Gasteiger partial charge in [-0.15, -0.1) is 0 Å². The number of phenolic OH excluding ortho intramolecular Hbond substituents is 1. The lowest BCUT2D eigenvalue weighted by Crippen LogP contribution is -2.13. The van der Waals surface area contributed by atoms with Crippen molar-refractivity contribution in [3.63, 3.8) is 0 Å². The fourth-order valence-corrected chi connectivity index (χ4v) is 1.69. The number of aromatic nitrogens is 2. The normalized spacial score (nSPS) is 10.4. The summed E-state index contributed by atoms with van der Waals surface area (Å²) in [4.78, 5) is 12.0. The molecule has 0 bridgehead atoms. The first-order chi connectivity index (χ1) is 8.49. The summed E-state index contributed by atoms with van der Waals surface area (Å²) in [6, 6.07) is 4.45. The van der Waals surface area contributed by atoms with Crippen LogP contribution in [-0.2, 0) is 7.05 Å². The van der Waals surface area contributed by atoms with Crippen molar-refractivity contribution in [3.05, 3.63) is 40.7 Å². The maximum Gasteiger partial charge on any atom is 0.259 e. The molecule has 18 heavy (non-hydrogen) atoms. The van der Waals surface area contributed by atoms with Gasteiger partial charge in [0, 0.05) is 17.8 Å². The minimum atomic E-state index is -0.335. The molecular weight excluding hydrogens is 254 g/mol. The second-order valence-electron chi connectivity index (χ2n) is 3.88. The third-order valence-corrected chi connectivity index (χ3v) is 2.92. The maximum absolute atomic E-state index is 12.0. The number of carbonyl (C=O) groups excluding carboxylic acids is 1. The third kappa shape index (κ3) is 2.31. The van der Waals surface area contributed by atoms with Crippen LogP contribution in [0, 0.1) is 6.92 Å². The average Bonchev–Trinajstić information content (AvgIpc) is 2.65. The minimum Gasteiger partial charge on any atom is -0.506 e. The number of anilines is 1. The van der Waals surface area contributed by atoms with Gasteiger partial charge >= 0.3 is 0 Å². The first-order valence-electron chi connectivity index (χ1n) is 5.27. The molecule has 0 unspecified atom stereocenters. The zero-order chi connectivity index (χ0) is 13.3. The molecule has 0 atom stereocenters. The van der Waals surface area contributed by atoms with E-state index in [0.717, 1.165) is 5.69 Å². The molecule has 1 amide bonds. The van der Waals surface area contributed by atoms with Crippen molar-refractivity contribution in [2.45, 2.75) is 6.92 Å². The van der Waals surface area contributed by atoms with E-state index in [-0.39, 0.29) is 17.3 Å². The van der Waals surface area contributed by atoms with E-state index in [0.29, 0.717) is 10.6 Å². The Bertz CT molecular complexity index is 607. The number of halogens is 1. The summed E-state index contributed by atoms with van der Waals surface area (Å²) in [6.07, 6.45) is 1.48. The summed E-state index contributed by atoms with van der Waals surface area (Å²) >= 11 is 5.80. The summed E-state index contributed by atoms with van der Waals surface area (Å²) in [6.45, 7) is 1.79. The molecule has 0 aliphatic carbocycles. The second-order valence-corrected chi connectivity index (χ2v) is 4.32. The highest BCUT2D eigenvalue weighted by atomic mass is 35.5. The molecule has 2 aromatic rings. The van der Waals surface area contributed by atoms with Crippen molar-refractivity contribution in [2.24, 2.45) is 7.05 Å². The van der Waals surface area contributed by atoms with Crippen molar-refractivity contribution in [1.29, 1.82) is 0 Å². The number of amides is 1. The van der Waals surface area contributed by atoms with Crippen LogP contribution in [0.2, 0.25) is 5.02 Å². The molecule has 0 spiro atoms. The van der Waals surface area contributed by atoms with Crippen LogP contribution in [-0.4, -0.2) is 20.8 Å². The van der Waals surface area contributed by atoms with E-state index in [1.165, 1.54) is 18.3 Å². The fourth-order valence-electron chi connectivity index (χ4n) is 1.52. The van der Waals surface area contributed by atoms with E-state index < -0.39 is 0 Å². The highest BCUT2D eigenvalue weighted by molar-refractivity contribution is 6.31. The highest BCUT2D eigenvalue weighted by Crippen LogP contribution is 2.27. The molecule has 0 aliphatic rings. The Kier molecular flexibility index (Phi) is 3.25. The zero-order valence-corrected chi connectivity index (χ0v) is 10.7. The standard InChI is InChI=1S/C12H12ClN3O2/c1-7-9(6-14-16(7)2)12(18)15-10-5-8(13)3-4-11(10)17/h3-6,17H,1-2H3,(H,15,18). The largest absolute Gasteiger partial charge is 0.506 e. The van der Waals surface area contributed by atoms with E-state index in [1.807, 2.05) is 0 Å². The van der Waals surface area contributed by atoms with Crippen molar-refractivity contribution < 1.29 is 9.90 Å². The lowest BCUT2D eigenvalue weighted by molar-refractivity contribution is 0.102. The number of phenols is 1. The third-order valence-electron chi connectivity index (χ3n) is 2.69. The van der Waals surface area contributed by atoms with Gasteiger partial charge in [-0.25, -0.2) is 0 Å². The van der Waals surface area contributed by atoms with Gasteiger partial charge in [0.05, 0.1) is 17.4 Å². The smallest absolute Gasteiger partial charge is 0.259 e. The van der Waals surface area contributed by atoms with Gasteiger partial charge < -0.3 is 10.4 Å². The molecule has 2 rings (SSSR count). The van der Waals surface area contributed by atoms with E-state index in [9.17, 15) is 9.90 Å². The van der Waals surface area contributed by atoms with Crippen molar-refractivity contribution in [2.75, 3.05) is 5.32 Å². The molecule has 1 aromatic carbocycles. The van der Waals surface area contributed by atoms with Crippen LogP contribution in [0.25, 0.3) is 0 Å². The number of rotatable bonds is 2. The first kappa shape index (κ1) is 12.4. The number of nitrogens with one attached hydrogen (secondary N) is 1. The second kappa shape index (κ2) is 4.70. The Labute approximate surface area is 109 Å². The molecule has 0 radical (unpaired) electrons. The Morgan fingerprint density at radius 3 is 2.83 bits per heavy atom. The summed E-state index contributed by atoms with van der Waals surface area (Å²) in [5, 5.41) is 16.6. The molecule has 0 aliphatic heterocycles. The van der Waals surface area contributed by atoms with Crippen molar-refractivity contribution in [3.8, 4) is 5.75 Å². The number of carbonyl (C=O) groups is 1. The Morgan fingerprint density at radius 1 is 1.50 bits per heavy atom. The monoisotopic (exact) mass is 265 g/mol. The molecule has 0 fully saturated rings. The van der Waals surface area contributed by atoms with Gasteiger partial charge in [-0.05, 0) is 25.1 Å². The lowest BCUT2D eigenvalue weighted by Gasteiger charge is -2.07. The average molecular weight is 266 g/mol. The predicted molar refractivity (Wildman–Crippen MR) is 69.0 cm³/mol. The van der Waals surface area contributed by atoms with Crippen LogP contribution in [0.3, 0.4) is 0 Å². The van der Waals surface area contributed by atoms with Crippen LogP contribution in [0.15, 0.2) is 24.4 Å². The van der Waals surface area contributed by atoms with Crippen LogP contribution in [0.5, 0.6) is 5.75 Å². The molecule has 2 N–H and O–H groups in total. The van der Waals surface area contributed by atoms with Gasteiger partial charge in [-0.1, -0.05) is 11.6 Å². The fraction of sp³-hybridized carbons (Fsp3) is 0.167. The number of aromatic hydroxyl groups is 1. The first-order valence-corrected chi connectivity index (χ1v) is 5.65. The number of nitrogens with zero attached hydrogens (tertiary/aromatic N) is 2. The quantitative estimate of drug-likeness (QED) is 0.819. The Morgan fingerprint density at radius 2 is 2.22 bits per heavy atom. The summed E-state index contributed by atoms with van der Waals surface area (Å²) < 4.78 is 1.60. The zero-order valence-electron chi connectivity index (χ0n) is 9.94. The summed E-state index contributed by atoms with van der Waals surface area (Å²) in [7, 11) is 1.75. The van der Waals surface area contributed by atoms with Gasteiger partial charge in [0.2, 0.25) is 0 Å². The summed E-state index contributed by atoms with van der Waals surface area (Å²) in [5.74, 6) is -0.368. The SMILES string of the molecule is Cc1c(C(=O)Nc2cc(Cl)ccc2O)cnn1C. The lowest BCUT2D eigenvalue weighted by atomic mass is 10.2. The molecular formula is C12H12ClN3O2. The number of hydrogen-bond acceptors (Lipinski definition) is 3. The van der Waals surface area contributed by atoms with Gasteiger partial charge in [0.1, 0.15) is 5.75 Å². The van der Waals surface area contributed by atoms with Crippen LogP contribution in [0.1, 0.15) is 16.1 Å². The van der Waals surface area contributed by atoms with Gasteiger partial charge in [0.25, 0.3) is 5.91 Å². The topological polar surface area (TPSA) is 67.2 Å². The summed E-state index contributed by atoms with van der Waals surface area (Å²) in [5.41, 5.74) is 1.47. The molecule has 5 nitrogen and oxygen atoms in total. The minimum absolute atomic E-state index is 0.0331. The van der Waals surface area contributed by atoms with Crippen LogP contribution in [0.4, 0.5) is 5.69 Å².